The summed E-state index contributed by atoms with van der Waals surface area (Å²) < 4.78 is 0. The molecule has 1 fully saturated rings. The largest absolute Gasteiger partial charge is 0.360 e. The Morgan fingerprint density at radius 2 is 2.04 bits per heavy atom. The zero-order chi connectivity index (χ0) is 17.5. The summed E-state index contributed by atoms with van der Waals surface area (Å²) in [4.78, 5) is 20.1. The number of benzene rings is 2. The molecule has 4 nitrogen and oxygen atoms in total. The lowest BCUT2D eigenvalue weighted by atomic mass is 10.1. The molecule has 26 heavy (non-hydrogen) atoms. The Bertz CT molecular complexity index is 1110. The number of hydrogen-bond acceptors (Lipinski definition) is 3. The number of thiazole rings is 1. The van der Waals surface area contributed by atoms with Gasteiger partial charge in [0.1, 0.15) is 5.01 Å². The molecule has 0 aliphatic heterocycles. The van der Waals surface area contributed by atoms with Gasteiger partial charge in [-0.2, -0.15) is 0 Å². The number of aromatic nitrogens is 2. The molecule has 0 unspecified atom stereocenters. The number of carbonyl (C=O) groups is 1. The summed E-state index contributed by atoms with van der Waals surface area (Å²) in [5.41, 5.74) is 5.05. The molecule has 0 atom stereocenters. The predicted molar refractivity (Wildman–Crippen MR) is 106 cm³/mol. The van der Waals surface area contributed by atoms with Gasteiger partial charge in [-0.15, -0.1) is 11.3 Å². The number of rotatable bonds is 4. The van der Waals surface area contributed by atoms with E-state index in [0.29, 0.717) is 0 Å². The lowest BCUT2D eigenvalue weighted by Crippen LogP contribution is -2.13. The zero-order valence-corrected chi connectivity index (χ0v) is 14.8. The van der Waals surface area contributed by atoms with Gasteiger partial charge in [0, 0.05) is 45.2 Å². The second kappa shape index (κ2) is 6.11. The van der Waals surface area contributed by atoms with Gasteiger partial charge in [-0.25, -0.2) is 4.98 Å². The van der Waals surface area contributed by atoms with Crippen molar-refractivity contribution in [3.63, 3.8) is 0 Å². The standard InChI is InChI=1S/C21H17N3OS/c25-20(13-8-9-13)23-15-5-3-4-14(10-15)21-24-19(12-26-21)17-11-22-18-7-2-1-6-16(17)18/h1-7,10-13,22H,8-9H2,(H,23,25). The van der Waals surface area contributed by atoms with Gasteiger partial charge >= 0.3 is 0 Å². The molecule has 2 N–H and O–H groups in total. The topological polar surface area (TPSA) is 57.8 Å². The minimum absolute atomic E-state index is 0.126. The van der Waals surface area contributed by atoms with E-state index in [1.54, 1.807) is 11.3 Å². The van der Waals surface area contributed by atoms with E-state index in [1.165, 1.54) is 5.39 Å². The number of anilines is 1. The first kappa shape index (κ1) is 15.3. The highest BCUT2D eigenvalue weighted by molar-refractivity contribution is 7.13. The van der Waals surface area contributed by atoms with Gasteiger partial charge in [-0.1, -0.05) is 30.3 Å². The van der Waals surface area contributed by atoms with Gasteiger partial charge in [-0.05, 0) is 31.0 Å². The number of aromatic amines is 1. The van der Waals surface area contributed by atoms with E-state index < -0.39 is 0 Å². The molecule has 0 bridgehead atoms. The van der Waals surface area contributed by atoms with Crippen molar-refractivity contribution in [2.75, 3.05) is 5.32 Å². The van der Waals surface area contributed by atoms with Gasteiger partial charge in [0.05, 0.1) is 5.69 Å². The maximum Gasteiger partial charge on any atom is 0.227 e. The molecule has 2 heterocycles. The average molecular weight is 359 g/mol. The fraction of sp³-hybridized carbons (Fsp3) is 0.143. The first-order valence-corrected chi connectivity index (χ1v) is 9.59. The van der Waals surface area contributed by atoms with Crippen molar-refractivity contribution in [1.82, 2.24) is 9.97 Å². The van der Waals surface area contributed by atoms with E-state index in [2.05, 4.69) is 27.8 Å². The minimum atomic E-state index is 0.126. The molecular formula is C21H17N3OS. The van der Waals surface area contributed by atoms with Crippen molar-refractivity contribution in [3.8, 4) is 21.8 Å². The maximum atomic E-state index is 12.0. The summed E-state index contributed by atoms with van der Waals surface area (Å²) in [5.74, 6) is 0.327. The molecule has 1 saturated carbocycles. The molecular weight excluding hydrogens is 342 g/mol. The normalized spacial score (nSPS) is 13.8. The van der Waals surface area contributed by atoms with Crippen molar-refractivity contribution in [2.24, 2.45) is 5.92 Å². The van der Waals surface area contributed by atoms with Crippen molar-refractivity contribution in [2.45, 2.75) is 12.8 Å². The molecule has 0 radical (unpaired) electrons. The Kier molecular flexibility index (Phi) is 3.60. The zero-order valence-electron chi connectivity index (χ0n) is 14.0. The molecule has 4 aromatic rings. The van der Waals surface area contributed by atoms with E-state index in [0.717, 1.165) is 45.9 Å². The molecule has 2 aromatic heterocycles. The van der Waals surface area contributed by atoms with Crippen molar-refractivity contribution in [3.05, 3.63) is 60.1 Å². The van der Waals surface area contributed by atoms with Crippen LogP contribution in [0.5, 0.6) is 0 Å². The van der Waals surface area contributed by atoms with E-state index in [4.69, 9.17) is 4.98 Å². The number of para-hydroxylation sites is 1. The monoisotopic (exact) mass is 359 g/mol. The number of amides is 1. The summed E-state index contributed by atoms with van der Waals surface area (Å²) in [5, 5.41) is 7.22. The third-order valence-electron chi connectivity index (χ3n) is 4.69. The van der Waals surface area contributed by atoms with Crippen molar-refractivity contribution in [1.29, 1.82) is 0 Å². The predicted octanol–water partition coefficient (Wildman–Crippen LogP) is 5.31. The van der Waals surface area contributed by atoms with E-state index in [-0.39, 0.29) is 11.8 Å². The van der Waals surface area contributed by atoms with Crippen LogP contribution < -0.4 is 5.32 Å². The summed E-state index contributed by atoms with van der Waals surface area (Å²) in [6.07, 6.45) is 4.02. The summed E-state index contributed by atoms with van der Waals surface area (Å²) in [6.45, 7) is 0. The van der Waals surface area contributed by atoms with E-state index in [9.17, 15) is 4.79 Å². The second-order valence-corrected chi connectivity index (χ2v) is 7.49. The molecule has 1 amide bonds. The molecule has 1 aliphatic carbocycles. The second-order valence-electron chi connectivity index (χ2n) is 6.63. The highest BCUT2D eigenvalue weighted by atomic mass is 32.1. The number of fused-ring (bicyclic) bond motifs is 1. The molecule has 2 aromatic carbocycles. The van der Waals surface area contributed by atoms with Gasteiger partial charge in [-0.3, -0.25) is 4.79 Å². The highest BCUT2D eigenvalue weighted by Crippen LogP contribution is 2.34. The number of H-pyrrole nitrogens is 1. The summed E-state index contributed by atoms with van der Waals surface area (Å²) in [6, 6.07) is 16.2. The molecule has 0 saturated heterocycles. The lowest BCUT2D eigenvalue weighted by molar-refractivity contribution is -0.117. The molecule has 5 heteroatoms. The summed E-state index contributed by atoms with van der Waals surface area (Å²) in [7, 11) is 0. The van der Waals surface area contributed by atoms with Crippen LogP contribution >= 0.6 is 11.3 Å². The van der Waals surface area contributed by atoms with Crippen molar-refractivity contribution >= 4 is 33.8 Å². The van der Waals surface area contributed by atoms with Crippen LogP contribution in [-0.4, -0.2) is 15.9 Å². The molecule has 128 valence electrons. The van der Waals surface area contributed by atoms with Crippen molar-refractivity contribution < 1.29 is 4.79 Å². The van der Waals surface area contributed by atoms with Crippen LogP contribution in [0.2, 0.25) is 0 Å². The number of hydrogen-bond donors (Lipinski definition) is 2. The summed E-state index contributed by atoms with van der Waals surface area (Å²) >= 11 is 1.62. The van der Waals surface area contributed by atoms with E-state index >= 15 is 0 Å². The van der Waals surface area contributed by atoms with Crippen LogP contribution in [0, 0.1) is 5.92 Å². The van der Waals surface area contributed by atoms with Gasteiger partial charge in [0.15, 0.2) is 0 Å². The quantitative estimate of drug-likeness (QED) is 0.519. The Morgan fingerprint density at radius 1 is 1.15 bits per heavy atom. The maximum absolute atomic E-state index is 12.0. The first-order chi connectivity index (χ1) is 12.8. The molecule has 5 rings (SSSR count). The Hall–Kier alpha value is -2.92. The third kappa shape index (κ3) is 2.80. The Balaban J connectivity index is 1.45. The Morgan fingerprint density at radius 3 is 2.92 bits per heavy atom. The first-order valence-electron chi connectivity index (χ1n) is 8.71. The van der Waals surface area contributed by atoms with Gasteiger partial charge < -0.3 is 10.3 Å². The fourth-order valence-electron chi connectivity index (χ4n) is 3.13. The Labute approximate surface area is 154 Å². The smallest absolute Gasteiger partial charge is 0.227 e. The number of carbonyl (C=O) groups excluding carboxylic acids is 1. The van der Waals surface area contributed by atoms with Crippen LogP contribution in [0.15, 0.2) is 60.1 Å². The SMILES string of the molecule is O=C(Nc1cccc(-c2nc(-c3c[nH]c4ccccc34)cs2)c1)C1CC1. The lowest BCUT2D eigenvalue weighted by Gasteiger charge is -2.05. The average Bonchev–Trinajstić information content (AvgIpc) is 3.25. The molecule has 0 spiro atoms. The van der Waals surface area contributed by atoms with Gasteiger partial charge in [0.25, 0.3) is 0 Å². The fourth-order valence-corrected chi connectivity index (χ4v) is 3.95. The van der Waals surface area contributed by atoms with Crippen LogP contribution in [0.1, 0.15) is 12.8 Å². The van der Waals surface area contributed by atoms with E-state index in [1.807, 2.05) is 42.6 Å². The third-order valence-corrected chi connectivity index (χ3v) is 5.59. The van der Waals surface area contributed by atoms with Crippen LogP contribution in [0.4, 0.5) is 5.69 Å². The van der Waals surface area contributed by atoms with Crippen LogP contribution in [0.3, 0.4) is 0 Å². The van der Waals surface area contributed by atoms with Crippen LogP contribution in [-0.2, 0) is 4.79 Å². The highest BCUT2D eigenvalue weighted by Gasteiger charge is 2.29. The molecule has 1 aliphatic rings. The number of nitrogens with one attached hydrogen (secondary N) is 2. The van der Waals surface area contributed by atoms with Gasteiger partial charge in [0.2, 0.25) is 5.91 Å². The van der Waals surface area contributed by atoms with Crippen LogP contribution in [0.25, 0.3) is 32.7 Å². The minimum Gasteiger partial charge on any atom is -0.360 e. The number of nitrogens with zero attached hydrogens (tertiary/aromatic N) is 1.